The van der Waals surface area contributed by atoms with Gasteiger partial charge in [-0.3, -0.25) is 0 Å². The molecule has 1 aromatic heterocycles. The lowest BCUT2D eigenvalue weighted by atomic mass is 10.2. The van der Waals surface area contributed by atoms with Crippen LogP contribution in [0.1, 0.15) is 16.6 Å². The lowest BCUT2D eigenvalue weighted by Gasteiger charge is -2.06. The molecule has 1 aromatic carbocycles. The Morgan fingerprint density at radius 3 is 2.84 bits per heavy atom. The molecule has 2 aromatic rings. The highest BCUT2D eigenvalue weighted by Gasteiger charge is 2.21. The van der Waals surface area contributed by atoms with Gasteiger partial charge in [-0.2, -0.15) is 8.78 Å². The molecule has 4 nitrogen and oxygen atoms in total. The van der Waals surface area contributed by atoms with Crippen molar-refractivity contribution in [3.05, 3.63) is 23.1 Å². The Kier molecular flexibility index (Phi) is 3.84. The molecule has 0 radical (unpaired) electrons. The van der Waals surface area contributed by atoms with E-state index in [9.17, 15) is 13.6 Å². The van der Waals surface area contributed by atoms with Gasteiger partial charge in [0.2, 0.25) is 0 Å². The SMILES string of the molecule is CCOC(=O)c1sc2cccc(OC(F)F)c2c1N. The second-order valence-corrected chi connectivity index (χ2v) is 4.63. The minimum atomic E-state index is -2.95. The van der Waals surface area contributed by atoms with Crippen molar-refractivity contribution in [1.82, 2.24) is 0 Å². The second kappa shape index (κ2) is 5.40. The summed E-state index contributed by atoms with van der Waals surface area (Å²) in [5, 5.41) is 0.316. The van der Waals surface area contributed by atoms with Crippen molar-refractivity contribution in [2.24, 2.45) is 0 Å². The Morgan fingerprint density at radius 1 is 1.47 bits per heavy atom. The predicted molar refractivity (Wildman–Crippen MR) is 68.8 cm³/mol. The van der Waals surface area contributed by atoms with Gasteiger partial charge in [-0.15, -0.1) is 11.3 Å². The number of nitrogens with two attached hydrogens (primary N) is 1. The average Bonchev–Trinajstić information content (AvgIpc) is 2.68. The molecule has 0 bridgehead atoms. The number of esters is 1. The predicted octanol–water partition coefficient (Wildman–Crippen LogP) is 3.26. The molecule has 0 saturated heterocycles. The molecule has 0 aliphatic carbocycles. The average molecular weight is 287 g/mol. The fraction of sp³-hybridized carbons (Fsp3) is 0.250. The maximum Gasteiger partial charge on any atom is 0.387 e. The zero-order chi connectivity index (χ0) is 14.0. The van der Waals surface area contributed by atoms with Crippen LogP contribution >= 0.6 is 11.3 Å². The van der Waals surface area contributed by atoms with Crippen molar-refractivity contribution >= 4 is 33.1 Å². The monoisotopic (exact) mass is 287 g/mol. The molecule has 7 heteroatoms. The van der Waals surface area contributed by atoms with Crippen molar-refractivity contribution in [3.63, 3.8) is 0 Å². The minimum Gasteiger partial charge on any atom is -0.462 e. The van der Waals surface area contributed by atoms with E-state index in [1.807, 2.05) is 0 Å². The van der Waals surface area contributed by atoms with Crippen LogP contribution in [0.2, 0.25) is 0 Å². The molecule has 0 aliphatic heterocycles. The third-order valence-electron chi connectivity index (χ3n) is 2.39. The van der Waals surface area contributed by atoms with Gasteiger partial charge in [-0.1, -0.05) is 6.07 Å². The van der Waals surface area contributed by atoms with Crippen LogP contribution in [-0.2, 0) is 4.74 Å². The quantitative estimate of drug-likeness (QED) is 0.877. The van der Waals surface area contributed by atoms with Crippen molar-refractivity contribution in [3.8, 4) is 5.75 Å². The van der Waals surface area contributed by atoms with Gasteiger partial charge >= 0.3 is 12.6 Å². The molecular formula is C12H11F2NO3S. The highest BCUT2D eigenvalue weighted by Crippen LogP contribution is 2.40. The fourth-order valence-corrected chi connectivity index (χ4v) is 2.72. The standard InChI is InChI=1S/C12H11F2NO3S/c1-2-17-11(16)10-9(15)8-6(18-12(13)14)4-3-5-7(8)19-10/h3-5,12H,2,15H2,1H3. The number of rotatable bonds is 4. The molecule has 0 atom stereocenters. The first-order valence-corrected chi connectivity index (χ1v) is 6.29. The highest BCUT2D eigenvalue weighted by atomic mass is 32.1. The van der Waals surface area contributed by atoms with Crippen LogP contribution < -0.4 is 10.5 Å². The van der Waals surface area contributed by atoms with Gasteiger partial charge in [0, 0.05) is 4.70 Å². The number of thiophene rings is 1. The number of benzene rings is 1. The molecule has 0 unspecified atom stereocenters. The summed E-state index contributed by atoms with van der Waals surface area (Å²) in [5.41, 5.74) is 5.94. The molecule has 102 valence electrons. The number of hydrogen-bond donors (Lipinski definition) is 1. The van der Waals surface area contributed by atoms with Crippen molar-refractivity contribution in [1.29, 1.82) is 0 Å². The largest absolute Gasteiger partial charge is 0.462 e. The summed E-state index contributed by atoms with van der Waals surface area (Å²) < 4.78 is 34.5. The van der Waals surface area contributed by atoms with Crippen molar-refractivity contribution in [2.75, 3.05) is 12.3 Å². The van der Waals surface area contributed by atoms with E-state index in [1.165, 1.54) is 6.07 Å². The molecule has 0 saturated carbocycles. The Morgan fingerprint density at radius 2 is 2.21 bits per heavy atom. The van der Waals surface area contributed by atoms with E-state index in [2.05, 4.69) is 4.74 Å². The van der Waals surface area contributed by atoms with Gasteiger partial charge in [-0.25, -0.2) is 4.79 Å². The fourth-order valence-electron chi connectivity index (χ4n) is 1.68. The van der Waals surface area contributed by atoms with E-state index >= 15 is 0 Å². The van der Waals surface area contributed by atoms with Gasteiger partial charge < -0.3 is 15.2 Å². The number of alkyl halides is 2. The molecule has 2 rings (SSSR count). The van der Waals surface area contributed by atoms with Gasteiger partial charge in [0.15, 0.2) is 0 Å². The van der Waals surface area contributed by atoms with Crippen LogP contribution in [0.5, 0.6) is 5.75 Å². The smallest absolute Gasteiger partial charge is 0.387 e. The number of anilines is 1. The van der Waals surface area contributed by atoms with Crippen LogP contribution in [0.15, 0.2) is 18.2 Å². The maximum absolute atomic E-state index is 12.3. The van der Waals surface area contributed by atoms with Gasteiger partial charge in [0.25, 0.3) is 0 Å². The summed E-state index contributed by atoms with van der Waals surface area (Å²) in [6.07, 6.45) is 0. The first-order chi connectivity index (χ1) is 9.04. The van der Waals surface area contributed by atoms with E-state index in [0.29, 0.717) is 10.1 Å². The van der Waals surface area contributed by atoms with Crippen LogP contribution in [0.4, 0.5) is 14.5 Å². The van der Waals surface area contributed by atoms with E-state index in [4.69, 9.17) is 10.5 Å². The minimum absolute atomic E-state index is 0.0446. The van der Waals surface area contributed by atoms with Crippen LogP contribution in [0.3, 0.4) is 0 Å². The first-order valence-electron chi connectivity index (χ1n) is 5.47. The molecule has 2 N–H and O–H groups in total. The van der Waals surface area contributed by atoms with Crippen molar-refractivity contribution < 1.29 is 23.0 Å². The normalized spacial score (nSPS) is 10.9. The topological polar surface area (TPSA) is 61.5 Å². The summed E-state index contributed by atoms with van der Waals surface area (Å²) in [4.78, 5) is 11.9. The number of halogens is 2. The lowest BCUT2D eigenvalue weighted by Crippen LogP contribution is -2.05. The first kappa shape index (κ1) is 13.5. The van der Waals surface area contributed by atoms with Gasteiger partial charge in [0.1, 0.15) is 10.6 Å². The number of carbonyl (C=O) groups excluding carboxylic acids is 1. The van der Waals surface area contributed by atoms with Crippen LogP contribution in [0.25, 0.3) is 10.1 Å². The zero-order valence-electron chi connectivity index (χ0n) is 9.98. The summed E-state index contributed by atoms with van der Waals surface area (Å²) in [5.74, 6) is -0.610. The molecule has 0 fully saturated rings. The molecule has 0 amide bonds. The third kappa shape index (κ3) is 2.60. The number of carbonyl (C=O) groups is 1. The Hall–Kier alpha value is -1.89. The van der Waals surface area contributed by atoms with Gasteiger partial charge in [0.05, 0.1) is 17.7 Å². The molecular weight excluding hydrogens is 276 g/mol. The van der Waals surface area contributed by atoms with E-state index in [0.717, 1.165) is 11.3 Å². The summed E-state index contributed by atoms with van der Waals surface area (Å²) in [6, 6.07) is 4.62. The molecule has 0 aliphatic rings. The summed E-state index contributed by atoms with van der Waals surface area (Å²) in [6.45, 7) is -1.06. The lowest BCUT2D eigenvalue weighted by molar-refractivity contribution is -0.0487. The highest BCUT2D eigenvalue weighted by molar-refractivity contribution is 7.21. The number of hydrogen-bond acceptors (Lipinski definition) is 5. The molecule has 19 heavy (non-hydrogen) atoms. The number of ether oxygens (including phenoxy) is 2. The third-order valence-corrected chi connectivity index (χ3v) is 3.54. The zero-order valence-corrected chi connectivity index (χ0v) is 10.8. The van der Waals surface area contributed by atoms with Crippen LogP contribution in [0, 0.1) is 0 Å². The van der Waals surface area contributed by atoms with E-state index < -0.39 is 12.6 Å². The Bertz CT molecular complexity index is 612. The second-order valence-electron chi connectivity index (χ2n) is 3.57. The number of nitrogen functional groups attached to an aromatic ring is 1. The summed E-state index contributed by atoms with van der Waals surface area (Å²) in [7, 11) is 0. The molecule has 0 spiro atoms. The van der Waals surface area contributed by atoms with Gasteiger partial charge in [-0.05, 0) is 19.1 Å². The van der Waals surface area contributed by atoms with Crippen molar-refractivity contribution in [2.45, 2.75) is 13.5 Å². The Labute approximate surface area is 111 Å². The maximum atomic E-state index is 12.3. The van der Waals surface area contributed by atoms with E-state index in [1.54, 1.807) is 19.1 Å². The van der Waals surface area contributed by atoms with E-state index in [-0.39, 0.29) is 22.9 Å². The van der Waals surface area contributed by atoms with Crippen LogP contribution in [-0.4, -0.2) is 19.2 Å². The summed E-state index contributed by atoms with van der Waals surface area (Å²) >= 11 is 1.09. The number of fused-ring (bicyclic) bond motifs is 1. The Balaban J connectivity index is 2.54. The molecule has 1 heterocycles.